The molecule has 0 fully saturated rings. The molecule has 136 valence electrons. The quantitative estimate of drug-likeness (QED) is 0.590. The topological polar surface area (TPSA) is 72.7 Å². The van der Waals surface area contributed by atoms with Crippen molar-refractivity contribution in [3.05, 3.63) is 91.6 Å². The minimum Gasteiger partial charge on any atom is -0.306 e. The average molecular weight is 385 g/mol. The summed E-state index contributed by atoms with van der Waals surface area (Å²) in [6.07, 6.45) is 1.65. The molecule has 4 rings (SSSR count). The maximum absolute atomic E-state index is 13.3. The average Bonchev–Trinajstić information content (AvgIpc) is 2.96. The Morgan fingerprint density at radius 3 is 2.70 bits per heavy atom. The van der Waals surface area contributed by atoms with Crippen LogP contribution in [0.3, 0.4) is 0 Å². The lowest BCUT2D eigenvalue weighted by Crippen LogP contribution is -2.24. The fraction of sp³-hybridized carbons (Fsp3) is 0.105. The molecule has 0 bridgehead atoms. The molecule has 0 atom stereocenters. The van der Waals surface area contributed by atoms with E-state index in [-0.39, 0.29) is 22.7 Å². The number of pyridine rings is 2. The van der Waals surface area contributed by atoms with Crippen LogP contribution < -0.4 is 11.1 Å². The fourth-order valence-corrected chi connectivity index (χ4v) is 3.34. The van der Waals surface area contributed by atoms with Crippen molar-refractivity contribution in [2.75, 3.05) is 0 Å². The van der Waals surface area contributed by atoms with Crippen LogP contribution in [0, 0.1) is 12.7 Å². The van der Waals surface area contributed by atoms with Crippen molar-refractivity contribution in [2.24, 2.45) is 0 Å². The lowest BCUT2D eigenvalue weighted by molar-refractivity contribution is 0.627. The Labute approximate surface area is 157 Å². The third-order valence-corrected chi connectivity index (χ3v) is 4.72. The van der Waals surface area contributed by atoms with E-state index in [0.717, 1.165) is 6.07 Å². The summed E-state index contributed by atoms with van der Waals surface area (Å²) in [6.45, 7) is 1.96. The molecule has 0 unspecified atom stereocenters. The van der Waals surface area contributed by atoms with Crippen LogP contribution in [0.25, 0.3) is 16.6 Å². The standard InChI is InChI=1S/C19H14ClFN4O2/c1-11-18-15(9-17(26)24(11)10-13-4-2-3-7-22-13)23-25(19(18)27)16-6-5-12(21)8-14(16)20/h2-9,23H,10H2,1H3. The lowest BCUT2D eigenvalue weighted by Gasteiger charge is -2.09. The van der Waals surface area contributed by atoms with Crippen molar-refractivity contribution >= 4 is 22.5 Å². The number of aryl methyl sites for hydroxylation is 1. The van der Waals surface area contributed by atoms with E-state index in [1.807, 2.05) is 12.1 Å². The molecule has 6 nitrogen and oxygen atoms in total. The Kier molecular flexibility index (Phi) is 4.16. The van der Waals surface area contributed by atoms with Crippen molar-refractivity contribution in [1.29, 1.82) is 0 Å². The van der Waals surface area contributed by atoms with Gasteiger partial charge in [-0.2, -0.15) is 0 Å². The van der Waals surface area contributed by atoms with Crippen molar-refractivity contribution in [2.45, 2.75) is 13.5 Å². The summed E-state index contributed by atoms with van der Waals surface area (Å²) in [5, 5.41) is 3.34. The van der Waals surface area contributed by atoms with Gasteiger partial charge in [0.2, 0.25) is 0 Å². The van der Waals surface area contributed by atoms with Gasteiger partial charge in [0.05, 0.1) is 33.9 Å². The summed E-state index contributed by atoms with van der Waals surface area (Å²) in [5.74, 6) is -0.501. The van der Waals surface area contributed by atoms with Gasteiger partial charge in [-0.1, -0.05) is 17.7 Å². The van der Waals surface area contributed by atoms with Gasteiger partial charge >= 0.3 is 0 Å². The van der Waals surface area contributed by atoms with Crippen LogP contribution in [-0.4, -0.2) is 19.3 Å². The Hall–Kier alpha value is -3.19. The highest BCUT2D eigenvalue weighted by atomic mass is 35.5. The Bertz CT molecular complexity index is 1270. The first-order chi connectivity index (χ1) is 13.0. The summed E-state index contributed by atoms with van der Waals surface area (Å²) in [7, 11) is 0. The number of halogens is 2. The van der Waals surface area contributed by atoms with E-state index in [2.05, 4.69) is 10.1 Å². The molecule has 0 aliphatic rings. The smallest absolute Gasteiger partial charge is 0.280 e. The van der Waals surface area contributed by atoms with Gasteiger partial charge in [0, 0.05) is 18.0 Å². The van der Waals surface area contributed by atoms with Gasteiger partial charge in [0.25, 0.3) is 11.1 Å². The summed E-state index contributed by atoms with van der Waals surface area (Å²) in [5.41, 5.74) is 1.29. The monoisotopic (exact) mass is 384 g/mol. The second-order valence-corrected chi connectivity index (χ2v) is 6.52. The second-order valence-electron chi connectivity index (χ2n) is 6.11. The second kappa shape index (κ2) is 6.51. The number of H-pyrrole nitrogens is 1. The van der Waals surface area contributed by atoms with Gasteiger partial charge in [-0.25, -0.2) is 9.07 Å². The van der Waals surface area contributed by atoms with Gasteiger partial charge in [-0.3, -0.25) is 19.7 Å². The molecule has 4 aromatic rings. The predicted octanol–water partition coefficient (Wildman–Crippen LogP) is 3.02. The molecule has 8 heteroatoms. The lowest BCUT2D eigenvalue weighted by atomic mass is 10.2. The molecule has 0 aliphatic carbocycles. The molecule has 3 aromatic heterocycles. The zero-order valence-electron chi connectivity index (χ0n) is 14.2. The number of rotatable bonds is 3. The molecular formula is C19H14ClFN4O2. The first kappa shape index (κ1) is 17.2. The first-order valence-corrected chi connectivity index (χ1v) is 8.54. The Balaban J connectivity index is 1.92. The molecule has 1 N–H and O–H groups in total. The van der Waals surface area contributed by atoms with Gasteiger partial charge in [0.1, 0.15) is 5.82 Å². The number of hydrogen-bond donors (Lipinski definition) is 1. The van der Waals surface area contributed by atoms with Crippen LogP contribution in [0.15, 0.2) is 58.3 Å². The molecule has 0 aliphatic heterocycles. The normalized spacial score (nSPS) is 11.2. The molecule has 0 radical (unpaired) electrons. The number of benzene rings is 1. The van der Waals surface area contributed by atoms with Crippen LogP contribution in [0.1, 0.15) is 11.4 Å². The number of fused-ring (bicyclic) bond motifs is 1. The fourth-order valence-electron chi connectivity index (χ4n) is 3.09. The number of aromatic nitrogens is 4. The summed E-state index contributed by atoms with van der Waals surface area (Å²) in [4.78, 5) is 29.7. The minimum absolute atomic E-state index is 0.0880. The molecule has 0 saturated heterocycles. The number of nitrogens with zero attached hydrogens (tertiary/aromatic N) is 3. The van der Waals surface area contributed by atoms with Crippen molar-refractivity contribution in [3.63, 3.8) is 0 Å². The van der Waals surface area contributed by atoms with E-state index in [4.69, 9.17) is 11.6 Å². The Morgan fingerprint density at radius 1 is 1.19 bits per heavy atom. The number of aromatic amines is 1. The summed E-state index contributed by atoms with van der Waals surface area (Å²) in [6, 6.07) is 10.5. The third-order valence-electron chi connectivity index (χ3n) is 4.42. The highest BCUT2D eigenvalue weighted by Crippen LogP contribution is 2.21. The molecular weight excluding hydrogens is 371 g/mol. The SMILES string of the molecule is Cc1c2c(=O)n(-c3ccc(F)cc3Cl)[nH]c2cc(=O)n1Cc1ccccn1. The van der Waals surface area contributed by atoms with Crippen molar-refractivity contribution < 1.29 is 4.39 Å². The van der Waals surface area contributed by atoms with E-state index < -0.39 is 5.82 Å². The molecule has 0 amide bonds. The molecule has 0 spiro atoms. The van der Waals surface area contributed by atoms with Gasteiger partial charge in [-0.15, -0.1) is 0 Å². The van der Waals surface area contributed by atoms with Crippen LogP contribution in [0.4, 0.5) is 4.39 Å². The van der Waals surface area contributed by atoms with E-state index in [0.29, 0.717) is 28.0 Å². The van der Waals surface area contributed by atoms with Gasteiger partial charge < -0.3 is 4.57 Å². The molecule has 3 heterocycles. The van der Waals surface area contributed by atoms with Crippen LogP contribution in [0.2, 0.25) is 5.02 Å². The van der Waals surface area contributed by atoms with Crippen molar-refractivity contribution in [3.8, 4) is 5.69 Å². The molecule has 0 saturated carbocycles. The molecule has 27 heavy (non-hydrogen) atoms. The van der Waals surface area contributed by atoms with Crippen LogP contribution >= 0.6 is 11.6 Å². The third kappa shape index (κ3) is 2.96. The van der Waals surface area contributed by atoms with Crippen LogP contribution in [-0.2, 0) is 6.54 Å². The Morgan fingerprint density at radius 2 is 2.00 bits per heavy atom. The molecule has 1 aromatic carbocycles. The largest absolute Gasteiger partial charge is 0.306 e. The number of nitrogens with one attached hydrogen (secondary N) is 1. The van der Waals surface area contributed by atoms with E-state index in [1.54, 1.807) is 19.2 Å². The highest BCUT2D eigenvalue weighted by molar-refractivity contribution is 6.32. The maximum Gasteiger partial charge on any atom is 0.280 e. The predicted molar refractivity (Wildman–Crippen MR) is 101 cm³/mol. The van der Waals surface area contributed by atoms with Gasteiger partial charge in [-0.05, 0) is 37.3 Å². The zero-order valence-corrected chi connectivity index (χ0v) is 15.0. The minimum atomic E-state index is -0.501. The summed E-state index contributed by atoms with van der Waals surface area (Å²) < 4.78 is 16.0. The van der Waals surface area contributed by atoms with E-state index >= 15 is 0 Å². The summed E-state index contributed by atoms with van der Waals surface area (Å²) >= 11 is 6.08. The van der Waals surface area contributed by atoms with E-state index in [1.165, 1.54) is 27.4 Å². The number of hydrogen-bond acceptors (Lipinski definition) is 3. The van der Waals surface area contributed by atoms with E-state index in [9.17, 15) is 14.0 Å². The van der Waals surface area contributed by atoms with Crippen molar-refractivity contribution in [1.82, 2.24) is 19.3 Å². The maximum atomic E-state index is 13.3. The van der Waals surface area contributed by atoms with Gasteiger partial charge in [0.15, 0.2) is 0 Å². The first-order valence-electron chi connectivity index (χ1n) is 8.16. The zero-order chi connectivity index (χ0) is 19.1. The van der Waals surface area contributed by atoms with Crippen LogP contribution in [0.5, 0.6) is 0 Å². The highest BCUT2D eigenvalue weighted by Gasteiger charge is 2.17.